The van der Waals surface area contributed by atoms with Crippen LogP contribution in [0.3, 0.4) is 0 Å². The van der Waals surface area contributed by atoms with Gasteiger partial charge in [-0.15, -0.1) is 0 Å². The number of rotatable bonds is 5. The van der Waals surface area contributed by atoms with Crippen molar-refractivity contribution in [3.05, 3.63) is 58.0 Å². The Morgan fingerprint density at radius 1 is 1.35 bits per heavy atom. The van der Waals surface area contributed by atoms with Gasteiger partial charge in [-0.25, -0.2) is 0 Å². The van der Waals surface area contributed by atoms with Gasteiger partial charge in [0.15, 0.2) is 0 Å². The van der Waals surface area contributed by atoms with Crippen molar-refractivity contribution < 1.29 is 9.45 Å². The van der Waals surface area contributed by atoms with E-state index in [1.807, 2.05) is 6.07 Å². The third-order valence-corrected chi connectivity index (χ3v) is 2.26. The lowest BCUT2D eigenvalue weighted by Gasteiger charge is -2.02. The van der Waals surface area contributed by atoms with E-state index >= 15 is 0 Å². The normalized spacial score (nSPS) is 10.4. The van der Waals surface area contributed by atoms with Crippen LogP contribution >= 0.6 is 0 Å². The molecule has 0 amide bonds. The summed E-state index contributed by atoms with van der Waals surface area (Å²) in [5, 5.41) is 17.3. The number of aromatic nitrogens is 1. The SMILES string of the molecule is O=[N+]([O-])c1cccc(CNCc2cnoc2)c1. The topological polar surface area (TPSA) is 81.2 Å². The Hall–Kier alpha value is -2.21. The number of hydrogen-bond donors (Lipinski definition) is 1. The van der Waals surface area contributed by atoms with Gasteiger partial charge in [0.05, 0.1) is 11.1 Å². The molecule has 1 N–H and O–H groups in total. The van der Waals surface area contributed by atoms with Crippen LogP contribution in [0.25, 0.3) is 0 Å². The molecule has 0 aliphatic carbocycles. The number of nitrogens with one attached hydrogen (secondary N) is 1. The van der Waals surface area contributed by atoms with Crippen LogP contribution in [0.2, 0.25) is 0 Å². The Morgan fingerprint density at radius 2 is 2.18 bits per heavy atom. The number of benzene rings is 1. The van der Waals surface area contributed by atoms with Gasteiger partial charge in [-0.3, -0.25) is 10.1 Å². The monoisotopic (exact) mass is 233 g/mol. The largest absolute Gasteiger partial charge is 0.364 e. The van der Waals surface area contributed by atoms with E-state index < -0.39 is 4.92 Å². The summed E-state index contributed by atoms with van der Waals surface area (Å²) in [5.74, 6) is 0. The molecule has 0 aliphatic heterocycles. The number of nitro benzene ring substituents is 1. The minimum absolute atomic E-state index is 0.106. The smallest absolute Gasteiger partial charge is 0.269 e. The average Bonchev–Trinajstić information content (AvgIpc) is 2.82. The van der Waals surface area contributed by atoms with E-state index in [-0.39, 0.29) is 5.69 Å². The Labute approximate surface area is 97.4 Å². The van der Waals surface area contributed by atoms with Gasteiger partial charge in [0.25, 0.3) is 5.69 Å². The van der Waals surface area contributed by atoms with Crippen molar-refractivity contribution in [2.75, 3.05) is 0 Å². The second-order valence-electron chi connectivity index (χ2n) is 3.56. The molecule has 88 valence electrons. The molecule has 1 aromatic carbocycles. The van der Waals surface area contributed by atoms with Gasteiger partial charge in [-0.05, 0) is 5.56 Å². The molecule has 0 atom stereocenters. The molecule has 6 nitrogen and oxygen atoms in total. The maximum absolute atomic E-state index is 10.6. The van der Waals surface area contributed by atoms with Gasteiger partial charge in [0, 0.05) is 30.8 Å². The molecule has 0 saturated heterocycles. The zero-order valence-electron chi connectivity index (χ0n) is 9.00. The van der Waals surface area contributed by atoms with Crippen molar-refractivity contribution in [1.82, 2.24) is 10.5 Å². The summed E-state index contributed by atoms with van der Waals surface area (Å²) < 4.78 is 4.69. The van der Waals surface area contributed by atoms with Gasteiger partial charge in [0.2, 0.25) is 0 Å². The fourth-order valence-electron chi connectivity index (χ4n) is 1.45. The van der Waals surface area contributed by atoms with E-state index in [2.05, 4.69) is 15.0 Å². The summed E-state index contributed by atoms with van der Waals surface area (Å²) in [5.41, 5.74) is 1.92. The highest BCUT2D eigenvalue weighted by molar-refractivity contribution is 5.34. The van der Waals surface area contributed by atoms with Crippen LogP contribution in [0, 0.1) is 10.1 Å². The highest BCUT2D eigenvalue weighted by Gasteiger charge is 2.05. The van der Waals surface area contributed by atoms with Gasteiger partial charge >= 0.3 is 0 Å². The molecular formula is C11H11N3O3. The molecular weight excluding hydrogens is 222 g/mol. The minimum atomic E-state index is -0.399. The van der Waals surface area contributed by atoms with Crippen LogP contribution in [-0.4, -0.2) is 10.1 Å². The van der Waals surface area contributed by atoms with E-state index in [1.54, 1.807) is 24.6 Å². The Balaban J connectivity index is 1.90. The van der Waals surface area contributed by atoms with Crippen LogP contribution in [0.15, 0.2) is 41.2 Å². The van der Waals surface area contributed by atoms with Crippen LogP contribution in [-0.2, 0) is 13.1 Å². The number of hydrogen-bond acceptors (Lipinski definition) is 5. The highest BCUT2D eigenvalue weighted by Crippen LogP contribution is 2.12. The third kappa shape index (κ3) is 3.12. The summed E-state index contributed by atoms with van der Waals surface area (Å²) in [4.78, 5) is 10.2. The summed E-state index contributed by atoms with van der Waals surface area (Å²) in [6, 6.07) is 6.55. The lowest BCUT2D eigenvalue weighted by atomic mass is 10.2. The maximum Gasteiger partial charge on any atom is 0.269 e. The first-order valence-electron chi connectivity index (χ1n) is 5.08. The summed E-state index contributed by atoms with van der Waals surface area (Å²) in [6.07, 6.45) is 3.18. The molecule has 1 heterocycles. The van der Waals surface area contributed by atoms with E-state index in [0.717, 1.165) is 11.1 Å². The van der Waals surface area contributed by atoms with Gasteiger partial charge in [0.1, 0.15) is 6.26 Å². The molecule has 6 heteroatoms. The van der Waals surface area contributed by atoms with E-state index in [0.29, 0.717) is 13.1 Å². The van der Waals surface area contributed by atoms with Gasteiger partial charge in [-0.1, -0.05) is 17.3 Å². The van der Waals surface area contributed by atoms with Crippen LogP contribution in [0.1, 0.15) is 11.1 Å². The summed E-state index contributed by atoms with van der Waals surface area (Å²) in [6.45, 7) is 1.18. The molecule has 17 heavy (non-hydrogen) atoms. The second kappa shape index (κ2) is 5.22. The van der Waals surface area contributed by atoms with E-state index in [4.69, 9.17) is 0 Å². The van der Waals surface area contributed by atoms with Gasteiger partial charge < -0.3 is 9.84 Å². The van der Waals surface area contributed by atoms with E-state index in [9.17, 15) is 10.1 Å². The molecule has 0 unspecified atom stereocenters. The second-order valence-corrected chi connectivity index (χ2v) is 3.56. The molecule has 0 fully saturated rings. The van der Waals surface area contributed by atoms with Crippen LogP contribution in [0.4, 0.5) is 5.69 Å². The predicted molar refractivity (Wildman–Crippen MR) is 60.1 cm³/mol. The zero-order valence-corrected chi connectivity index (χ0v) is 9.00. The standard InChI is InChI=1S/C11H11N3O3/c15-14(16)11-3-1-2-9(4-11)5-12-6-10-7-13-17-8-10/h1-4,7-8,12H,5-6H2. The maximum atomic E-state index is 10.6. The van der Waals surface area contributed by atoms with Crippen molar-refractivity contribution in [3.8, 4) is 0 Å². The quantitative estimate of drug-likeness (QED) is 0.629. The number of nitro groups is 1. The molecule has 0 saturated carbocycles. The first kappa shape index (κ1) is 11.3. The summed E-state index contributed by atoms with van der Waals surface area (Å²) >= 11 is 0. The van der Waals surface area contributed by atoms with Crippen molar-refractivity contribution in [1.29, 1.82) is 0 Å². The van der Waals surface area contributed by atoms with E-state index in [1.165, 1.54) is 6.07 Å². The van der Waals surface area contributed by atoms with Crippen molar-refractivity contribution >= 4 is 5.69 Å². The Bertz CT molecular complexity index is 496. The third-order valence-electron chi connectivity index (χ3n) is 2.26. The molecule has 0 bridgehead atoms. The first-order valence-corrected chi connectivity index (χ1v) is 5.08. The number of nitrogens with zero attached hydrogens (tertiary/aromatic N) is 2. The van der Waals surface area contributed by atoms with Crippen molar-refractivity contribution in [2.24, 2.45) is 0 Å². The minimum Gasteiger partial charge on any atom is -0.364 e. The fourth-order valence-corrected chi connectivity index (χ4v) is 1.45. The highest BCUT2D eigenvalue weighted by atomic mass is 16.6. The molecule has 0 radical (unpaired) electrons. The van der Waals surface area contributed by atoms with Crippen molar-refractivity contribution in [2.45, 2.75) is 13.1 Å². The molecule has 0 aliphatic rings. The lowest BCUT2D eigenvalue weighted by molar-refractivity contribution is -0.384. The molecule has 0 spiro atoms. The van der Waals surface area contributed by atoms with Gasteiger partial charge in [-0.2, -0.15) is 0 Å². The Kier molecular flexibility index (Phi) is 3.46. The van der Waals surface area contributed by atoms with Crippen molar-refractivity contribution in [3.63, 3.8) is 0 Å². The predicted octanol–water partition coefficient (Wildman–Crippen LogP) is 1.87. The van der Waals surface area contributed by atoms with Crippen LogP contribution < -0.4 is 5.32 Å². The molecule has 2 aromatic rings. The lowest BCUT2D eigenvalue weighted by Crippen LogP contribution is -2.12. The molecule has 1 aromatic heterocycles. The molecule has 2 rings (SSSR count). The average molecular weight is 233 g/mol. The zero-order chi connectivity index (χ0) is 12.1. The fraction of sp³-hybridized carbons (Fsp3) is 0.182. The summed E-state index contributed by atoms with van der Waals surface area (Å²) in [7, 11) is 0. The Morgan fingerprint density at radius 3 is 2.88 bits per heavy atom. The number of non-ortho nitro benzene ring substituents is 1. The first-order chi connectivity index (χ1) is 8.25. The van der Waals surface area contributed by atoms with Crippen LogP contribution in [0.5, 0.6) is 0 Å².